The summed E-state index contributed by atoms with van der Waals surface area (Å²) in [6, 6.07) is -0.541. The second kappa shape index (κ2) is 85.5. The van der Waals surface area contributed by atoms with Gasteiger partial charge in [-0.2, -0.15) is 0 Å². The minimum absolute atomic E-state index is 0.0175. The highest BCUT2D eigenvalue weighted by molar-refractivity contribution is 5.76. The Labute approximate surface area is 602 Å². The van der Waals surface area contributed by atoms with Gasteiger partial charge in [0.1, 0.15) is 0 Å². The monoisotopic (exact) mass is 1350 g/mol. The van der Waals surface area contributed by atoms with Crippen LogP contribution in [-0.2, 0) is 14.3 Å². The van der Waals surface area contributed by atoms with Crippen LogP contribution in [-0.4, -0.2) is 47.4 Å². The highest BCUT2D eigenvalue weighted by Gasteiger charge is 2.20. The van der Waals surface area contributed by atoms with Crippen molar-refractivity contribution >= 4 is 11.9 Å². The number of unbranched alkanes of at least 4 members (excludes halogenated alkanes) is 67. The third-order valence-corrected chi connectivity index (χ3v) is 20.9. The van der Waals surface area contributed by atoms with Crippen LogP contribution in [0.2, 0.25) is 0 Å². The molecular formula is C90H173NO5. The maximum absolute atomic E-state index is 12.6. The Morgan fingerprint density at radius 3 is 0.823 bits per heavy atom. The topological polar surface area (TPSA) is 95.9 Å². The number of aliphatic hydroxyl groups is 2. The normalized spacial score (nSPS) is 12.6. The van der Waals surface area contributed by atoms with Crippen molar-refractivity contribution in [3.05, 3.63) is 36.5 Å². The molecule has 0 aliphatic rings. The second-order valence-electron chi connectivity index (χ2n) is 30.6. The number of nitrogens with one attached hydrogen (secondary N) is 1. The molecule has 0 aromatic carbocycles. The van der Waals surface area contributed by atoms with E-state index in [9.17, 15) is 19.8 Å². The van der Waals surface area contributed by atoms with E-state index in [1.807, 2.05) is 0 Å². The Morgan fingerprint density at radius 1 is 0.292 bits per heavy atom. The molecule has 6 heteroatoms. The summed E-state index contributed by atoms with van der Waals surface area (Å²) in [6.07, 6.45) is 113. The number of hydrogen-bond acceptors (Lipinski definition) is 5. The molecule has 568 valence electrons. The van der Waals surface area contributed by atoms with E-state index >= 15 is 0 Å². The molecule has 0 aliphatic carbocycles. The third kappa shape index (κ3) is 81.0. The summed E-state index contributed by atoms with van der Waals surface area (Å²) in [4.78, 5) is 24.7. The predicted octanol–water partition coefficient (Wildman–Crippen LogP) is 29.7. The fraction of sp³-hybridized carbons (Fsp3) is 0.911. The zero-order valence-corrected chi connectivity index (χ0v) is 65.4. The highest BCUT2D eigenvalue weighted by Crippen LogP contribution is 2.21. The van der Waals surface area contributed by atoms with Gasteiger partial charge in [0.05, 0.1) is 25.4 Å². The average Bonchev–Trinajstić information content (AvgIpc) is 3.16. The molecular weight excluding hydrogens is 1170 g/mol. The zero-order valence-electron chi connectivity index (χ0n) is 65.4. The van der Waals surface area contributed by atoms with Crippen molar-refractivity contribution in [3.8, 4) is 0 Å². The van der Waals surface area contributed by atoms with Crippen LogP contribution in [0.4, 0.5) is 0 Å². The van der Waals surface area contributed by atoms with Crippen LogP contribution >= 0.6 is 0 Å². The van der Waals surface area contributed by atoms with Crippen molar-refractivity contribution in [2.24, 2.45) is 0 Å². The van der Waals surface area contributed by atoms with E-state index in [-0.39, 0.29) is 18.5 Å². The van der Waals surface area contributed by atoms with Crippen LogP contribution in [0.1, 0.15) is 502 Å². The van der Waals surface area contributed by atoms with Crippen LogP contribution < -0.4 is 5.32 Å². The number of esters is 1. The molecule has 0 aromatic rings. The molecule has 2 atom stereocenters. The van der Waals surface area contributed by atoms with Gasteiger partial charge in [0.2, 0.25) is 5.91 Å². The number of rotatable bonds is 84. The first kappa shape index (κ1) is 94.1. The number of aliphatic hydroxyl groups excluding tert-OH is 2. The first-order valence-electron chi connectivity index (χ1n) is 44.2. The summed E-state index contributed by atoms with van der Waals surface area (Å²) in [6.45, 7) is 4.99. The smallest absolute Gasteiger partial charge is 0.305 e. The van der Waals surface area contributed by atoms with Gasteiger partial charge >= 0.3 is 5.97 Å². The minimum Gasteiger partial charge on any atom is -0.466 e. The molecule has 3 N–H and O–H groups in total. The van der Waals surface area contributed by atoms with E-state index in [0.29, 0.717) is 25.9 Å². The molecule has 2 unspecified atom stereocenters. The van der Waals surface area contributed by atoms with Crippen molar-refractivity contribution < 1.29 is 24.5 Å². The van der Waals surface area contributed by atoms with Gasteiger partial charge in [-0.05, 0) is 83.5 Å². The summed E-state index contributed by atoms with van der Waals surface area (Å²) in [5.41, 5.74) is 0. The largest absolute Gasteiger partial charge is 0.466 e. The lowest BCUT2D eigenvalue weighted by molar-refractivity contribution is -0.143. The van der Waals surface area contributed by atoms with Crippen LogP contribution in [0.15, 0.2) is 36.5 Å². The Kier molecular flexibility index (Phi) is 83.8. The van der Waals surface area contributed by atoms with Gasteiger partial charge < -0.3 is 20.3 Å². The molecule has 0 spiro atoms. The molecule has 0 heterocycles. The summed E-state index contributed by atoms with van der Waals surface area (Å²) in [7, 11) is 0. The van der Waals surface area contributed by atoms with Crippen molar-refractivity contribution in [1.29, 1.82) is 0 Å². The third-order valence-electron chi connectivity index (χ3n) is 20.9. The Morgan fingerprint density at radius 2 is 0.521 bits per heavy atom. The van der Waals surface area contributed by atoms with Crippen molar-refractivity contribution in [1.82, 2.24) is 5.32 Å². The molecule has 0 radical (unpaired) electrons. The molecule has 0 bridgehead atoms. The lowest BCUT2D eigenvalue weighted by Crippen LogP contribution is -2.45. The lowest BCUT2D eigenvalue weighted by atomic mass is 10.0. The van der Waals surface area contributed by atoms with Gasteiger partial charge in [-0.1, -0.05) is 442 Å². The number of carbonyl (C=O) groups excluding carboxylic acids is 2. The summed E-state index contributed by atoms with van der Waals surface area (Å²) >= 11 is 0. The first-order chi connectivity index (χ1) is 47.5. The molecule has 0 rings (SSSR count). The van der Waals surface area contributed by atoms with E-state index < -0.39 is 12.1 Å². The van der Waals surface area contributed by atoms with Gasteiger partial charge in [0.15, 0.2) is 0 Å². The number of ether oxygens (including phenoxy) is 1. The van der Waals surface area contributed by atoms with E-state index in [2.05, 4.69) is 55.6 Å². The Hall–Kier alpha value is -1.92. The van der Waals surface area contributed by atoms with E-state index in [1.54, 1.807) is 0 Å². The van der Waals surface area contributed by atoms with E-state index in [4.69, 9.17) is 4.74 Å². The predicted molar refractivity (Wildman–Crippen MR) is 426 cm³/mol. The molecule has 1 amide bonds. The van der Waals surface area contributed by atoms with E-state index in [0.717, 1.165) is 51.4 Å². The van der Waals surface area contributed by atoms with Crippen LogP contribution in [0, 0.1) is 0 Å². The quantitative estimate of drug-likeness (QED) is 0.0320. The number of hydrogen-bond donors (Lipinski definition) is 3. The fourth-order valence-corrected chi connectivity index (χ4v) is 14.2. The summed E-state index contributed by atoms with van der Waals surface area (Å²) < 4.78 is 5.52. The van der Waals surface area contributed by atoms with Crippen LogP contribution in [0.3, 0.4) is 0 Å². The van der Waals surface area contributed by atoms with Gasteiger partial charge in [0, 0.05) is 12.8 Å². The molecule has 0 saturated heterocycles. The van der Waals surface area contributed by atoms with Crippen LogP contribution in [0.25, 0.3) is 0 Å². The number of amides is 1. The van der Waals surface area contributed by atoms with Gasteiger partial charge in [-0.15, -0.1) is 0 Å². The second-order valence-corrected chi connectivity index (χ2v) is 30.6. The van der Waals surface area contributed by atoms with Crippen molar-refractivity contribution in [2.75, 3.05) is 13.2 Å². The summed E-state index contributed by atoms with van der Waals surface area (Å²) in [5, 5.41) is 23.5. The molecule has 0 aliphatic heterocycles. The standard InChI is InChI=1S/C90H173NO5/c1-3-5-7-9-11-13-15-17-19-21-23-24-25-37-40-43-47-50-54-58-62-66-70-74-78-82-88(93)87(86-92)91-89(94)83-79-75-71-67-63-59-55-51-48-44-41-38-35-33-31-29-27-26-28-30-32-34-36-39-42-45-49-53-57-61-65-69-73-77-81-85-96-90(95)84-80-76-72-68-64-60-56-52-46-22-20-18-16-14-12-10-8-6-4-2/h12,14,18,20,28,30,87-88,92-93H,3-11,13,15-17,19,21-27,29,31-86H2,1-2H3,(H,91,94)/b14-12-,20-18-,30-28-. The maximum atomic E-state index is 12.6. The summed E-state index contributed by atoms with van der Waals surface area (Å²) in [5.74, 6) is -0.00760. The Bertz CT molecular complexity index is 1560. The zero-order chi connectivity index (χ0) is 69.1. The number of carbonyl (C=O) groups is 2. The lowest BCUT2D eigenvalue weighted by Gasteiger charge is -2.22. The first-order valence-corrected chi connectivity index (χ1v) is 44.2. The number of allylic oxidation sites excluding steroid dienone is 6. The van der Waals surface area contributed by atoms with E-state index in [1.165, 1.54) is 417 Å². The van der Waals surface area contributed by atoms with Crippen molar-refractivity contribution in [2.45, 2.75) is 514 Å². The van der Waals surface area contributed by atoms with Gasteiger partial charge in [-0.25, -0.2) is 0 Å². The fourth-order valence-electron chi connectivity index (χ4n) is 14.2. The maximum Gasteiger partial charge on any atom is 0.305 e. The minimum atomic E-state index is -0.664. The van der Waals surface area contributed by atoms with Crippen LogP contribution in [0.5, 0.6) is 0 Å². The highest BCUT2D eigenvalue weighted by atomic mass is 16.5. The molecule has 0 saturated carbocycles. The van der Waals surface area contributed by atoms with Gasteiger partial charge in [-0.3, -0.25) is 9.59 Å². The molecule has 0 aromatic heterocycles. The molecule has 6 nitrogen and oxygen atoms in total. The molecule has 0 fully saturated rings. The Balaban J connectivity index is 3.34. The van der Waals surface area contributed by atoms with Gasteiger partial charge in [0.25, 0.3) is 0 Å². The average molecular weight is 1350 g/mol. The SMILES string of the molecule is CCCCC/C=C\C/C=C\CCCCCCCCCCCC(=O)OCCCCCCCCCCCCCCCC/C=C\CCCCCCCCCCCCCCCCCCCC(=O)NC(CO)C(O)CCCCCCCCCCCCCCCCCCCCCCCCCCC. The molecule has 96 heavy (non-hydrogen) atoms. The van der Waals surface area contributed by atoms with Crippen molar-refractivity contribution in [3.63, 3.8) is 0 Å².